The molecule has 1 amide bonds. The van der Waals surface area contributed by atoms with Crippen LogP contribution < -0.4 is 15.7 Å². The van der Waals surface area contributed by atoms with Gasteiger partial charge in [0.1, 0.15) is 11.3 Å². The fraction of sp³-hybridized carbons (Fsp3) is 0.261. The number of aryl methyl sites for hydroxylation is 2. The van der Waals surface area contributed by atoms with E-state index in [4.69, 9.17) is 9.15 Å². The molecule has 1 atom stereocenters. The number of hydrogen-bond acceptors (Lipinski definition) is 5. The lowest BCUT2D eigenvalue weighted by Crippen LogP contribution is -2.36. The highest BCUT2D eigenvalue weighted by Crippen LogP contribution is 2.35. The molecule has 1 aliphatic carbocycles. The Morgan fingerprint density at radius 2 is 1.90 bits per heavy atom. The Hall–Kier alpha value is -3.61. The van der Waals surface area contributed by atoms with Gasteiger partial charge >= 0.3 is 11.6 Å². The highest BCUT2D eigenvalue weighted by atomic mass is 16.5. The standard InChI is InChI=1S/C23H21NO6/c1-13-10-17(20-15-8-5-9-16(15)23(28)30-18(20)11-13)29-12-19(25)24-21(22(26)27)14-6-3-2-4-7-14/h2-4,6-7,10-11,21H,5,8-9,12H2,1H3,(H,24,25)(H,26,27)/t21-/m0/s1. The maximum absolute atomic E-state index is 12.4. The van der Waals surface area contributed by atoms with Gasteiger partial charge in [0.05, 0.1) is 5.39 Å². The summed E-state index contributed by atoms with van der Waals surface area (Å²) in [5.74, 6) is -1.27. The lowest BCUT2D eigenvalue weighted by atomic mass is 10.0. The second-order valence-electron chi connectivity index (χ2n) is 7.37. The van der Waals surface area contributed by atoms with Crippen LogP contribution in [0.5, 0.6) is 5.75 Å². The van der Waals surface area contributed by atoms with Crippen LogP contribution in [0.3, 0.4) is 0 Å². The summed E-state index contributed by atoms with van der Waals surface area (Å²) in [6.07, 6.45) is 2.28. The van der Waals surface area contributed by atoms with Crippen LogP contribution >= 0.6 is 0 Å². The predicted molar refractivity (Wildman–Crippen MR) is 110 cm³/mol. The molecular formula is C23H21NO6. The zero-order valence-corrected chi connectivity index (χ0v) is 16.4. The molecular weight excluding hydrogens is 386 g/mol. The number of fused-ring (bicyclic) bond motifs is 3. The molecule has 0 saturated carbocycles. The minimum absolute atomic E-state index is 0.323. The van der Waals surface area contributed by atoms with Crippen LogP contribution in [0.25, 0.3) is 11.0 Å². The third-order valence-electron chi connectivity index (χ3n) is 5.22. The van der Waals surface area contributed by atoms with Gasteiger partial charge in [-0.15, -0.1) is 0 Å². The van der Waals surface area contributed by atoms with Gasteiger partial charge in [0, 0.05) is 5.56 Å². The first kappa shape index (κ1) is 19.7. The van der Waals surface area contributed by atoms with Gasteiger partial charge in [-0.2, -0.15) is 0 Å². The number of rotatable bonds is 6. The Kier molecular flexibility index (Phi) is 5.27. The molecule has 0 unspecified atom stereocenters. The zero-order chi connectivity index (χ0) is 21.3. The van der Waals surface area contributed by atoms with E-state index in [2.05, 4.69) is 5.32 Å². The maximum atomic E-state index is 12.4. The first-order chi connectivity index (χ1) is 14.4. The lowest BCUT2D eigenvalue weighted by molar-refractivity contribution is -0.142. The molecule has 0 spiro atoms. The number of nitrogens with one attached hydrogen (secondary N) is 1. The number of aliphatic carboxylic acids is 1. The quantitative estimate of drug-likeness (QED) is 0.609. The van der Waals surface area contributed by atoms with E-state index in [-0.39, 0.29) is 12.2 Å². The lowest BCUT2D eigenvalue weighted by Gasteiger charge is -2.16. The van der Waals surface area contributed by atoms with E-state index in [0.29, 0.717) is 34.3 Å². The van der Waals surface area contributed by atoms with Gasteiger partial charge in [-0.25, -0.2) is 9.59 Å². The van der Waals surface area contributed by atoms with Crippen molar-refractivity contribution in [3.63, 3.8) is 0 Å². The van der Waals surface area contributed by atoms with Crippen molar-refractivity contribution >= 4 is 22.8 Å². The molecule has 2 N–H and O–H groups in total. The fourth-order valence-corrected chi connectivity index (χ4v) is 3.90. The third-order valence-corrected chi connectivity index (χ3v) is 5.22. The van der Waals surface area contributed by atoms with Gasteiger partial charge in [-0.05, 0) is 55.0 Å². The Bertz CT molecular complexity index is 1180. The predicted octanol–water partition coefficient (Wildman–Crippen LogP) is 2.91. The fourth-order valence-electron chi connectivity index (χ4n) is 3.90. The van der Waals surface area contributed by atoms with Crippen molar-refractivity contribution in [1.29, 1.82) is 0 Å². The summed E-state index contributed by atoms with van der Waals surface area (Å²) in [6.45, 7) is 1.48. The molecule has 0 saturated heterocycles. The van der Waals surface area contributed by atoms with Crippen LogP contribution in [-0.4, -0.2) is 23.6 Å². The number of hydrogen-bond donors (Lipinski definition) is 2. The van der Waals surface area contributed by atoms with Crippen LogP contribution in [0.4, 0.5) is 0 Å². The van der Waals surface area contributed by atoms with E-state index in [0.717, 1.165) is 24.0 Å². The first-order valence-electron chi connectivity index (χ1n) is 9.73. The second kappa shape index (κ2) is 8.02. The number of carbonyl (C=O) groups excluding carboxylic acids is 1. The smallest absolute Gasteiger partial charge is 0.339 e. The average Bonchev–Trinajstić information content (AvgIpc) is 3.21. The van der Waals surface area contributed by atoms with Crippen molar-refractivity contribution in [2.24, 2.45) is 0 Å². The molecule has 0 aliphatic heterocycles. The van der Waals surface area contributed by atoms with Gasteiger partial charge in [0.25, 0.3) is 5.91 Å². The minimum Gasteiger partial charge on any atom is -0.483 e. The van der Waals surface area contributed by atoms with Crippen molar-refractivity contribution < 1.29 is 23.8 Å². The molecule has 30 heavy (non-hydrogen) atoms. The molecule has 0 bridgehead atoms. The van der Waals surface area contributed by atoms with E-state index in [1.807, 2.05) is 6.92 Å². The molecule has 0 fully saturated rings. The maximum Gasteiger partial charge on any atom is 0.339 e. The second-order valence-corrected chi connectivity index (χ2v) is 7.37. The van der Waals surface area contributed by atoms with Crippen molar-refractivity contribution in [1.82, 2.24) is 5.32 Å². The summed E-state index contributed by atoms with van der Waals surface area (Å²) in [5, 5.41) is 12.7. The Morgan fingerprint density at radius 1 is 1.17 bits per heavy atom. The van der Waals surface area contributed by atoms with Crippen LogP contribution in [0.15, 0.2) is 51.7 Å². The number of benzene rings is 2. The van der Waals surface area contributed by atoms with Crippen molar-refractivity contribution in [3.8, 4) is 5.75 Å². The topological polar surface area (TPSA) is 106 Å². The summed E-state index contributed by atoms with van der Waals surface area (Å²) in [6, 6.07) is 10.9. The normalized spacial score (nSPS) is 13.6. The molecule has 1 aliphatic rings. The summed E-state index contributed by atoms with van der Waals surface area (Å²) in [7, 11) is 0. The molecule has 2 aromatic carbocycles. The van der Waals surface area contributed by atoms with Gasteiger partial charge in [0.15, 0.2) is 12.6 Å². The third kappa shape index (κ3) is 3.78. The van der Waals surface area contributed by atoms with Crippen molar-refractivity contribution in [3.05, 3.63) is 75.1 Å². The van der Waals surface area contributed by atoms with Gasteiger partial charge in [-0.1, -0.05) is 30.3 Å². The van der Waals surface area contributed by atoms with E-state index < -0.39 is 17.9 Å². The summed E-state index contributed by atoms with van der Waals surface area (Å²) < 4.78 is 11.2. The molecule has 1 aromatic heterocycles. The van der Waals surface area contributed by atoms with Crippen LogP contribution in [-0.2, 0) is 22.4 Å². The first-order valence-corrected chi connectivity index (χ1v) is 9.73. The Labute approximate surface area is 172 Å². The number of carboxylic acid groups (broad SMARTS) is 1. The highest BCUT2D eigenvalue weighted by molar-refractivity contribution is 5.90. The number of carbonyl (C=O) groups is 2. The molecule has 7 nitrogen and oxygen atoms in total. The largest absolute Gasteiger partial charge is 0.483 e. The molecule has 3 aromatic rings. The number of carboxylic acids is 1. The van der Waals surface area contributed by atoms with Crippen molar-refractivity contribution in [2.45, 2.75) is 32.2 Å². The van der Waals surface area contributed by atoms with E-state index in [1.165, 1.54) is 0 Å². The van der Waals surface area contributed by atoms with Gasteiger partial charge in [-0.3, -0.25) is 4.79 Å². The average molecular weight is 407 g/mol. The van der Waals surface area contributed by atoms with E-state index in [1.54, 1.807) is 42.5 Å². The molecule has 0 radical (unpaired) electrons. The molecule has 4 rings (SSSR count). The summed E-state index contributed by atoms with van der Waals surface area (Å²) in [4.78, 5) is 36.2. The van der Waals surface area contributed by atoms with Crippen molar-refractivity contribution in [2.75, 3.05) is 6.61 Å². The number of amides is 1. The van der Waals surface area contributed by atoms with Gasteiger partial charge in [0.2, 0.25) is 0 Å². The molecule has 1 heterocycles. The SMILES string of the molecule is Cc1cc(OCC(=O)N[C@H](C(=O)O)c2ccccc2)c2c3c(c(=O)oc2c1)CCC3. The van der Waals surface area contributed by atoms with E-state index >= 15 is 0 Å². The van der Waals surface area contributed by atoms with Crippen LogP contribution in [0, 0.1) is 6.92 Å². The molecule has 7 heteroatoms. The minimum atomic E-state index is -1.17. The van der Waals surface area contributed by atoms with Crippen LogP contribution in [0.1, 0.15) is 34.7 Å². The van der Waals surface area contributed by atoms with Gasteiger partial charge < -0.3 is 19.6 Å². The van der Waals surface area contributed by atoms with Crippen LogP contribution in [0.2, 0.25) is 0 Å². The Balaban J connectivity index is 1.58. The van der Waals surface area contributed by atoms with E-state index in [9.17, 15) is 19.5 Å². The monoisotopic (exact) mass is 407 g/mol. The highest BCUT2D eigenvalue weighted by Gasteiger charge is 2.24. The summed E-state index contributed by atoms with van der Waals surface area (Å²) in [5.41, 5.74) is 2.98. The summed E-state index contributed by atoms with van der Waals surface area (Å²) >= 11 is 0. The molecule has 154 valence electrons. The number of ether oxygens (including phenoxy) is 1. The Morgan fingerprint density at radius 3 is 2.63 bits per heavy atom. The zero-order valence-electron chi connectivity index (χ0n) is 16.4.